The highest BCUT2D eigenvalue weighted by atomic mass is 15.0. The number of hydrogen-bond donors (Lipinski definition) is 1. The molecule has 2 heteroatoms. The molecule has 0 aromatic heterocycles. The highest BCUT2D eigenvalue weighted by molar-refractivity contribution is 5.49. The normalized spacial score (nSPS) is 11.5. The van der Waals surface area contributed by atoms with Crippen molar-refractivity contribution in [2.75, 3.05) is 27.2 Å². The molecule has 0 amide bonds. The molecule has 0 aliphatic carbocycles. The van der Waals surface area contributed by atoms with E-state index in [1.54, 1.807) is 0 Å². The third-order valence-corrected chi connectivity index (χ3v) is 2.27. The van der Waals surface area contributed by atoms with E-state index in [1.165, 1.54) is 11.1 Å². The molecule has 0 aliphatic heterocycles. The molecule has 1 aromatic rings. The summed E-state index contributed by atoms with van der Waals surface area (Å²) in [6.45, 7) is 1.69. The van der Waals surface area contributed by atoms with Gasteiger partial charge in [-0.3, -0.25) is 0 Å². The standard InChI is InChI=1S/C13H20N2/c1-15(2)11-9-13-7-5-12(6-8-13)4-3-10-14/h3-8H,9-11,14H2,1-2H3/b4-3+. The van der Waals surface area contributed by atoms with E-state index in [0.717, 1.165) is 13.0 Å². The van der Waals surface area contributed by atoms with Crippen molar-refractivity contribution in [3.05, 3.63) is 41.5 Å². The summed E-state index contributed by atoms with van der Waals surface area (Å²) in [5, 5.41) is 0. The van der Waals surface area contributed by atoms with Gasteiger partial charge in [-0.2, -0.15) is 0 Å². The van der Waals surface area contributed by atoms with E-state index in [9.17, 15) is 0 Å². The van der Waals surface area contributed by atoms with Crippen LogP contribution in [0.25, 0.3) is 6.08 Å². The van der Waals surface area contributed by atoms with Gasteiger partial charge in [0.1, 0.15) is 0 Å². The van der Waals surface area contributed by atoms with Crippen molar-refractivity contribution in [2.45, 2.75) is 6.42 Å². The Labute approximate surface area is 92.4 Å². The van der Waals surface area contributed by atoms with Gasteiger partial charge in [-0.25, -0.2) is 0 Å². The molecule has 0 unspecified atom stereocenters. The maximum Gasteiger partial charge on any atom is 0.0110 e. The first-order chi connectivity index (χ1) is 7.22. The lowest BCUT2D eigenvalue weighted by molar-refractivity contribution is 0.413. The van der Waals surface area contributed by atoms with Crippen LogP contribution in [0.2, 0.25) is 0 Å². The quantitative estimate of drug-likeness (QED) is 0.792. The summed E-state index contributed by atoms with van der Waals surface area (Å²) in [5.41, 5.74) is 7.99. The number of benzene rings is 1. The zero-order valence-electron chi connectivity index (χ0n) is 9.61. The van der Waals surface area contributed by atoms with Crippen molar-refractivity contribution in [2.24, 2.45) is 5.73 Å². The molecule has 1 aromatic carbocycles. The molecule has 0 bridgehead atoms. The molecule has 82 valence electrons. The molecule has 0 aliphatic rings. The van der Waals surface area contributed by atoms with Crippen LogP contribution in [0.3, 0.4) is 0 Å². The van der Waals surface area contributed by atoms with Crippen LogP contribution in [-0.2, 0) is 6.42 Å². The Bertz CT molecular complexity index is 299. The highest BCUT2D eigenvalue weighted by Gasteiger charge is 1.94. The van der Waals surface area contributed by atoms with Crippen molar-refractivity contribution in [3.63, 3.8) is 0 Å². The van der Waals surface area contributed by atoms with Crippen molar-refractivity contribution < 1.29 is 0 Å². The predicted octanol–water partition coefficient (Wildman–Crippen LogP) is 1.76. The Balaban J connectivity index is 2.52. The molecule has 0 atom stereocenters. The van der Waals surface area contributed by atoms with E-state index in [2.05, 4.69) is 49.3 Å². The van der Waals surface area contributed by atoms with Crippen LogP contribution in [0.5, 0.6) is 0 Å². The second kappa shape index (κ2) is 6.38. The smallest absolute Gasteiger partial charge is 0.0110 e. The van der Waals surface area contributed by atoms with Gasteiger partial charge in [0.05, 0.1) is 0 Å². The first-order valence-electron chi connectivity index (χ1n) is 5.32. The summed E-state index contributed by atoms with van der Waals surface area (Å²) in [7, 11) is 4.19. The Morgan fingerprint density at radius 3 is 2.40 bits per heavy atom. The molecule has 0 saturated heterocycles. The lowest BCUT2D eigenvalue weighted by atomic mass is 10.1. The fourth-order valence-corrected chi connectivity index (χ4v) is 1.35. The van der Waals surface area contributed by atoms with Crippen LogP contribution in [0.15, 0.2) is 30.3 Å². The summed E-state index contributed by atoms with van der Waals surface area (Å²) >= 11 is 0. The summed E-state index contributed by atoms with van der Waals surface area (Å²) in [6.07, 6.45) is 5.12. The van der Waals surface area contributed by atoms with Gasteiger partial charge in [-0.1, -0.05) is 36.4 Å². The van der Waals surface area contributed by atoms with Gasteiger partial charge >= 0.3 is 0 Å². The molecule has 0 saturated carbocycles. The first kappa shape index (κ1) is 12.0. The summed E-state index contributed by atoms with van der Waals surface area (Å²) in [4.78, 5) is 2.20. The zero-order chi connectivity index (χ0) is 11.1. The maximum absolute atomic E-state index is 5.39. The van der Waals surface area contributed by atoms with Crippen LogP contribution < -0.4 is 5.73 Å². The third-order valence-electron chi connectivity index (χ3n) is 2.27. The van der Waals surface area contributed by atoms with E-state index >= 15 is 0 Å². The van der Waals surface area contributed by atoms with Crippen molar-refractivity contribution in [1.29, 1.82) is 0 Å². The second-order valence-electron chi connectivity index (χ2n) is 3.93. The van der Waals surface area contributed by atoms with Crippen LogP contribution in [0.1, 0.15) is 11.1 Å². The highest BCUT2D eigenvalue weighted by Crippen LogP contribution is 2.06. The van der Waals surface area contributed by atoms with Gasteiger partial charge in [0, 0.05) is 13.1 Å². The van der Waals surface area contributed by atoms with Crippen LogP contribution in [0.4, 0.5) is 0 Å². The summed E-state index contributed by atoms with van der Waals surface area (Å²) in [6, 6.07) is 8.63. The fraction of sp³-hybridized carbons (Fsp3) is 0.385. The minimum absolute atomic E-state index is 0.600. The average molecular weight is 204 g/mol. The number of rotatable bonds is 5. The van der Waals surface area contributed by atoms with Gasteiger partial charge in [0.15, 0.2) is 0 Å². The Morgan fingerprint density at radius 2 is 1.87 bits per heavy atom. The van der Waals surface area contributed by atoms with Crippen LogP contribution >= 0.6 is 0 Å². The largest absolute Gasteiger partial charge is 0.327 e. The van der Waals surface area contributed by atoms with E-state index in [0.29, 0.717) is 6.54 Å². The molecule has 0 heterocycles. The Morgan fingerprint density at radius 1 is 1.20 bits per heavy atom. The lowest BCUT2D eigenvalue weighted by Gasteiger charge is -2.08. The van der Waals surface area contributed by atoms with Gasteiger partial charge in [0.2, 0.25) is 0 Å². The zero-order valence-corrected chi connectivity index (χ0v) is 9.61. The number of hydrogen-bond acceptors (Lipinski definition) is 2. The monoisotopic (exact) mass is 204 g/mol. The molecule has 2 N–H and O–H groups in total. The first-order valence-corrected chi connectivity index (χ1v) is 5.32. The van der Waals surface area contributed by atoms with Crippen molar-refractivity contribution >= 4 is 6.08 Å². The molecular weight excluding hydrogens is 184 g/mol. The summed E-state index contributed by atoms with van der Waals surface area (Å²) < 4.78 is 0. The maximum atomic E-state index is 5.39. The fourth-order valence-electron chi connectivity index (χ4n) is 1.35. The minimum atomic E-state index is 0.600. The SMILES string of the molecule is CN(C)CCc1ccc(/C=C/CN)cc1. The van der Waals surface area contributed by atoms with Crippen LogP contribution in [-0.4, -0.2) is 32.1 Å². The molecular formula is C13H20N2. The van der Waals surface area contributed by atoms with Crippen molar-refractivity contribution in [3.8, 4) is 0 Å². The average Bonchev–Trinajstić information content (AvgIpc) is 2.25. The second-order valence-corrected chi connectivity index (χ2v) is 3.93. The van der Waals surface area contributed by atoms with E-state index in [1.807, 2.05) is 6.08 Å². The summed E-state index contributed by atoms with van der Waals surface area (Å²) in [5.74, 6) is 0. The van der Waals surface area contributed by atoms with E-state index in [4.69, 9.17) is 5.73 Å². The predicted molar refractivity (Wildman–Crippen MR) is 66.8 cm³/mol. The number of nitrogens with two attached hydrogens (primary N) is 1. The molecule has 2 nitrogen and oxygen atoms in total. The number of likely N-dealkylation sites (N-methyl/N-ethyl adjacent to an activating group) is 1. The van der Waals surface area contributed by atoms with Gasteiger partial charge in [-0.05, 0) is 31.6 Å². The van der Waals surface area contributed by atoms with Crippen LogP contribution in [0, 0.1) is 0 Å². The molecule has 0 radical (unpaired) electrons. The molecule has 1 rings (SSSR count). The Hall–Kier alpha value is -1.12. The molecule has 0 spiro atoms. The van der Waals surface area contributed by atoms with Gasteiger partial charge < -0.3 is 10.6 Å². The molecule has 0 fully saturated rings. The van der Waals surface area contributed by atoms with Gasteiger partial charge in [-0.15, -0.1) is 0 Å². The van der Waals surface area contributed by atoms with Gasteiger partial charge in [0.25, 0.3) is 0 Å². The molecule has 15 heavy (non-hydrogen) atoms. The van der Waals surface area contributed by atoms with E-state index < -0.39 is 0 Å². The number of nitrogens with zero attached hydrogens (tertiary/aromatic N) is 1. The topological polar surface area (TPSA) is 29.3 Å². The minimum Gasteiger partial charge on any atom is -0.327 e. The van der Waals surface area contributed by atoms with Crippen molar-refractivity contribution in [1.82, 2.24) is 4.90 Å². The lowest BCUT2D eigenvalue weighted by Crippen LogP contribution is -2.14. The third kappa shape index (κ3) is 4.77. The Kier molecular flexibility index (Phi) is 5.08. The van der Waals surface area contributed by atoms with E-state index in [-0.39, 0.29) is 0 Å².